The van der Waals surface area contributed by atoms with E-state index in [1.54, 1.807) is 26.0 Å². The molecule has 1 rings (SSSR count). The summed E-state index contributed by atoms with van der Waals surface area (Å²) < 4.78 is 12.8. The van der Waals surface area contributed by atoms with Crippen LogP contribution in [-0.4, -0.2) is 23.2 Å². The molecule has 0 aliphatic heterocycles. The number of amides is 1. The Labute approximate surface area is 107 Å². The highest BCUT2D eigenvalue weighted by Gasteiger charge is 2.21. The minimum absolute atomic E-state index is 0.147. The highest BCUT2D eigenvalue weighted by molar-refractivity contribution is 5.83. The van der Waals surface area contributed by atoms with Crippen LogP contribution in [0.15, 0.2) is 24.3 Å². The van der Waals surface area contributed by atoms with E-state index in [9.17, 15) is 14.3 Å². The van der Waals surface area contributed by atoms with Crippen LogP contribution in [0.4, 0.5) is 4.39 Å². The Kier molecular flexibility index (Phi) is 4.84. The first-order chi connectivity index (χ1) is 8.33. The minimum atomic E-state index is -0.934. The largest absolute Gasteiger partial charge is 0.389 e. The lowest BCUT2D eigenvalue weighted by Crippen LogP contribution is -2.40. The van der Waals surface area contributed by atoms with Crippen LogP contribution < -0.4 is 5.32 Å². The number of aliphatic hydroxyl groups is 1. The summed E-state index contributed by atoms with van der Waals surface area (Å²) in [6.45, 7) is 5.36. The van der Waals surface area contributed by atoms with Gasteiger partial charge in [-0.05, 0) is 38.0 Å². The lowest BCUT2D eigenvalue weighted by atomic mass is 9.95. The molecule has 1 atom stereocenters. The first-order valence-corrected chi connectivity index (χ1v) is 6.09. The molecule has 1 amide bonds. The van der Waals surface area contributed by atoms with Gasteiger partial charge < -0.3 is 10.4 Å². The molecule has 1 aromatic carbocycles. The Morgan fingerprint density at radius 2 is 1.94 bits per heavy atom. The van der Waals surface area contributed by atoms with Crippen molar-refractivity contribution in [3.8, 4) is 0 Å². The second-order valence-electron chi connectivity index (χ2n) is 5.04. The molecule has 0 saturated heterocycles. The van der Waals surface area contributed by atoms with Gasteiger partial charge in [0.15, 0.2) is 0 Å². The molecule has 0 radical (unpaired) electrons. The first-order valence-electron chi connectivity index (χ1n) is 6.09. The van der Waals surface area contributed by atoms with Gasteiger partial charge in [0.05, 0.1) is 11.5 Å². The summed E-state index contributed by atoms with van der Waals surface area (Å²) in [6, 6.07) is 5.93. The van der Waals surface area contributed by atoms with Gasteiger partial charge in [0.2, 0.25) is 5.91 Å². The van der Waals surface area contributed by atoms with Crippen molar-refractivity contribution in [2.24, 2.45) is 0 Å². The Morgan fingerprint density at radius 3 is 2.39 bits per heavy atom. The predicted octanol–water partition coefficient (Wildman–Crippen LogP) is 2.21. The smallest absolute Gasteiger partial charge is 0.227 e. The zero-order chi connectivity index (χ0) is 13.8. The van der Waals surface area contributed by atoms with E-state index in [0.29, 0.717) is 6.42 Å². The van der Waals surface area contributed by atoms with Gasteiger partial charge in [-0.1, -0.05) is 19.1 Å². The van der Waals surface area contributed by atoms with Crippen molar-refractivity contribution in [2.45, 2.75) is 38.7 Å². The molecule has 2 N–H and O–H groups in total. The van der Waals surface area contributed by atoms with E-state index in [2.05, 4.69) is 5.32 Å². The van der Waals surface area contributed by atoms with Crippen molar-refractivity contribution in [3.05, 3.63) is 35.6 Å². The van der Waals surface area contributed by atoms with Crippen LogP contribution in [0.25, 0.3) is 0 Å². The Hall–Kier alpha value is -1.42. The number of benzene rings is 1. The van der Waals surface area contributed by atoms with Gasteiger partial charge in [0, 0.05) is 6.54 Å². The monoisotopic (exact) mass is 253 g/mol. The number of rotatable bonds is 5. The zero-order valence-corrected chi connectivity index (χ0v) is 11.0. The average molecular weight is 253 g/mol. The number of carbonyl (C=O) groups excluding carboxylic acids is 1. The lowest BCUT2D eigenvalue weighted by Gasteiger charge is -2.21. The lowest BCUT2D eigenvalue weighted by molar-refractivity contribution is -0.123. The maximum Gasteiger partial charge on any atom is 0.227 e. The van der Waals surface area contributed by atoms with Crippen molar-refractivity contribution < 1.29 is 14.3 Å². The SMILES string of the molecule is CCC(C(=O)NCC(C)(C)O)c1ccc(F)cc1. The van der Waals surface area contributed by atoms with Crippen LogP contribution in [0.5, 0.6) is 0 Å². The fourth-order valence-corrected chi connectivity index (χ4v) is 1.69. The molecule has 18 heavy (non-hydrogen) atoms. The second kappa shape index (κ2) is 5.96. The maximum atomic E-state index is 12.8. The third-order valence-corrected chi connectivity index (χ3v) is 2.69. The molecule has 1 aromatic rings. The molecule has 4 heteroatoms. The molecule has 100 valence electrons. The van der Waals surface area contributed by atoms with E-state index < -0.39 is 5.60 Å². The highest BCUT2D eigenvalue weighted by Crippen LogP contribution is 2.20. The van der Waals surface area contributed by atoms with E-state index in [4.69, 9.17) is 0 Å². The van der Waals surface area contributed by atoms with Crippen LogP contribution >= 0.6 is 0 Å². The Bertz CT molecular complexity index is 395. The molecule has 0 spiro atoms. The van der Waals surface area contributed by atoms with Crippen molar-refractivity contribution in [1.29, 1.82) is 0 Å². The summed E-state index contributed by atoms with van der Waals surface area (Å²) in [7, 11) is 0. The number of hydrogen-bond donors (Lipinski definition) is 2. The molecule has 1 unspecified atom stereocenters. The van der Waals surface area contributed by atoms with Crippen LogP contribution in [0.1, 0.15) is 38.7 Å². The fourth-order valence-electron chi connectivity index (χ4n) is 1.69. The molecule has 0 bridgehead atoms. The Morgan fingerprint density at radius 1 is 1.39 bits per heavy atom. The van der Waals surface area contributed by atoms with E-state index in [1.165, 1.54) is 12.1 Å². The summed E-state index contributed by atoms with van der Waals surface area (Å²) in [4.78, 5) is 12.0. The average Bonchev–Trinajstić information content (AvgIpc) is 2.29. The highest BCUT2D eigenvalue weighted by atomic mass is 19.1. The summed E-state index contributed by atoms with van der Waals surface area (Å²) in [5, 5.41) is 12.3. The summed E-state index contributed by atoms with van der Waals surface area (Å²) >= 11 is 0. The maximum absolute atomic E-state index is 12.8. The molecular weight excluding hydrogens is 233 g/mol. The number of carbonyl (C=O) groups is 1. The van der Waals surface area contributed by atoms with Gasteiger partial charge in [-0.3, -0.25) is 4.79 Å². The summed E-state index contributed by atoms with van der Waals surface area (Å²) in [5.74, 6) is -0.773. The van der Waals surface area contributed by atoms with Gasteiger partial charge in [-0.2, -0.15) is 0 Å². The van der Waals surface area contributed by atoms with Crippen molar-refractivity contribution >= 4 is 5.91 Å². The quantitative estimate of drug-likeness (QED) is 0.845. The van der Waals surface area contributed by atoms with Gasteiger partial charge >= 0.3 is 0 Å². The predicted molar refractivity (Wildman–Crippen MR) is 68.7 cm³/mol. The third-order valence-electron chi connectivity index (χ3n) is 2.69. The van der Waals surface area contributed by atoms with Crippen LogP contribution in [0.3, 0.4) is 0 Å². The van der Waals surface area contributed by atoms with E-state index in [0.717, 1.165) is 5.56 Å². The van der Waals surface area contributed by atoms with Crippen molar-refractivity contribution in [1.82, 2.24) is 5.32 Å². The molecule has 0 aromatic heterocycles. The van der Waals surface area contributed by atoms with Gasteiger partial charge in [-0.15, -0.1) is 0 Å². The number of nitrogens with one attached hydrogen (secondary N) is 1. The van der Waals surface area contributed by atoms with E-state index in [-0.39, 0.29) is 24.2 Å². The van der Waals surface area contributed by atoms with Crippen molar-refractivity contribution in [2.75, 3.05) is 6.54 Å². The topological polar surface area (TPSA) is 49.3 Å². The van der Waals surface area contributed by atoms with Gasteiger partial charge in [0.25, 0.3) is 0 Å². The molecule has 0 heterocycles. The van der Waals surface area contributed by atoms with Crippen molar-refractivity contribution in [3.63, 3.8) is 0 Å². The first kappa shape index (κ1) is 14.6. The number of hydrogen-bond acceptors (Lipinski definition) is 2. The molecule has 0 aliphatic rings. The fraction of sp³-hybridized carbons (Fsp3) is 0.500. The van der Waals surface area contributed by atoms with Gasteiger partial charge in [0.1, 0.15) is 5.82 Å². The molecule has 0 fully saturated rings. The molecule has 0 saturated carbocycles. The molecular formula is C14H20FNO2. The molecule has 3 nitrogen and oxygen atoms in total. The third kappa shape index (κ3) is 4.45. The summed E-state index contributed by atoms with van der Waals surface area (Å²) in [5.41, 5.74) is -0.149. The van der Waals surface area contributed by atoms with Crippen LogP contribution in [0, 0.1) is 5.82 Å². The van der Waals surface area contributed by atoms with E-state index >= 15 is 0 Å². The normalized spacial score (nSPS) is 13.2. The van der Waals surface area contributed by atoms with Crippen LogP contribution in [0.2, 0.25) is 0 Å². The van der Waals surface area contributed by atoms with E-state index in [1.807, 2.05) is 6.92 Å². The Balaban J connectivity index is 2.71. The number of halogens is 1. The minimum Gasteiger partial charge on any atom is -0.389 e. The van der Waals surface area contributed by atoms with Crippen LogP contribution in [-0.2, 0) is 4.79 Å². The standard InChI is InChI=1S/C14H20FNO2/c1-4-12(10-5-7-11(15)8-6-10)13(17)16-9-14(2,3)18/h5-8,12,18H,4,9H2,1-3H3,(H,16,17). The zero-order valence-electron chi connectivity index (χ0n) is 11.0. The summed E-state index contributed by atoms with van der Waals surface area (Å²) in [6.07, 6.45) is 0.628. The second-order valence-corrected chi connectivity index (χ2v) is 5.04. The van der Waals surface area contributed by atoms with Gasteiger partial charge in [-0.25, -0.2) is 4.39 Å². The molecule has 0 aliphatic carbocycles.